The van der Waals surface area contributed by atoms with Gasteiger partial charge in [-0.05, 0) is 166 Å². The van der Waals surface area contributed by atoms with Crippen molar-refractivity contribution in [3.63, 3.8) is 0 Å². The van der Waals surface area contributed by atoms with Crippen LogP contribution in [0.1, 0.15) is 86.3 Å². The second-order valence-electron chi connectivity index (χ2n) is 25.8. The van der Waals surface area contributed by atoms with Gasteiger partial charge in [-0.15, -0.1) is 22.9 Å². The zero-order valence-electron chi connectivity index (χ0n) is 65.3. The first kappa shape index (κ1) is 98.1. The number of thiocarbonyl (C=S) groups is 1. The van der Waals surface area contributed by atoms with Crippen molar-refractivity contribution in [2.45, 2.75) is 79.4 Å². The Morgan fingerprint density at radius 2 is 0.944 bits per heavy atom. The molecule has 0 unspecified atom stereocenters. The second kappa shape index (κ2) is 53.1. The maximum absolute atomic E-state index is 12.2. The van der Waals surface area contributed by atoms with E-state index in [2.05, 4.69) is 102 Å². The Balaban J connectivity index is 0.000000443. The fourth-order valence-corrected chi connectivity index (χ4v) is 14.7. The van der Waals surface area contributed by atoms with Gasteiger partial charge in [0.25, 0.3) is 0 Å². The average molecular weight is 1710 g/mol. The van der Waals surface area contributed by atoms with Gasteiger partial charge in [-0.3, -0.25) is 9.59 Å². The molecular formula is C79H107Br2ClKN8NaO14S2. The monoisotopic (exact) mass is 1710 g/mol. The molecular weight excluding hydrogens is 1610 g/mol. The van der Waals surface area contributed by atoms with Crippen molar-refractivity contribution in [3.05, 3.63) is 160 Å². The number of Topliss-reactive ketones (excluding diaryl/α,β-unsaturated/α-hetero) is 1. The molecule has 0 spiro atoms. The van der Waals surface area contributed by atoms with E-state index in [0.29, 0.717) is 76.9 Å². The smallest absolute Gasteiger partial charge is 1.00 e. The molecule has 0 atom stereocenters. The number of carboxylic acid groups (broad SMARTS) is 1. The van der Waals surface area contributed by atoms with Gasteiger partial charge in [0.2, 0.25) is 0 Å². The second-order valence-corrected chi connectivity index (χ2v) is 28.9. The van der Waals surface area contributed by atoms with Crippen LogP contribution in [0.5, 0.6) is 28.7 Å². The molecule has 582 valence electrons. The third-order valence-electron chi connectivity index (χ3n) is 19.7. The number of nitrogens with zero attached hydrogens (tertiary/aromatic N) is 7. The summed E-state index contributed by atoms with van der Waals surface area (Å²) in [6.45, 7) is 15.1. The number of ether oxygens (including phenoxy) is 10. The average Bonchev–Trinajstić information content (AvgIpc) is 1.62. The molecule has 0 saturated carbocycles. The van der Waals surface area contributed by atoms with Crippen LogP contribution in [-0.2, 0) is 61.4 Å². The van der Waals surface area contributed by atoms with Crippen molar-refractivity contribution < 1.29 is 150 Å². The predicted molar refractivity (Wildman–Crippen MR) is 428 cm³/mol. The minimum atomic E-state index is -0.801. The molecule has 1 aromatic heterocycles. The molecule has 6 aromatic rings. The molecule has 0 aliphatic carbocycles. The van der Waals surface area contributed by atoms with Crippen LogP contribution in [0, 0.1) is 22.7 Å². The number of thiazole rings is 1. The molecule has 108 heavy (non-hydrogen) atoms. The van der Waals surface area contributed by atoms with Crippen LogP contribution in [0.15, 0.2) is 127 Å². The number of methoxy groups -OCH3 is 5. The Bertz CT molecular complexity index is 3580. The fraction of sp³-hybridized carbons (Fsp3) is 0.519. The summed E-state index contributed by atoms with van der Waals surface area (Å²) < 4.78 is 52.3. The summed E-state index contributed by atoms with van der Waals surface area (Å²) in [5.41, 5.74) is 10.2. The molecule has 5 aromatic carbocycles. The number of anilines is 1. The molecule has 4 N–H and O–H groups in total. The van der Waals surface area contributed by atoms with Crippen LogP contribution in [-0.4, -0.2) is 232 Å². The Hall–Kier alpha value is -4.09. The molecule has 0 amide bonds. The van der Waals surface area contributed by atoms with Crippen LogP contribution in [0.3, 0.4) is 0 Å². The Morgan fingerprint density at radius 1 is 0.583 bits per heavy atom. The molecule has 6 aliphatic rings. The molecule has 6 fully saturated rings. The molecule has 6 aliphatic heterocycles. The molecule has 12 rings (SSSR count). The summed E-state index contributed by atoms with van der Waals surface area (Å²) in [5.74, 6) is 3.43. The summed E-state index contributed by atoms with van der Waals surface area (Å²) in [5, 5.41) is 33.1. The normalized spacial score (nSPS) is 17.3. The number of likely N-dealkylation sites (N-methyl/N-ethyl adjacent to an activating group) is 2. The van der Waals surface area contributed by atoms with Gasteiger partial charge in [0.05, 0.1) is 95.1 Å². The van der Waals surface area contributed by atoms with E-state index in [1.807, 2.05) is 89.8 Å². The number of aliphatic carboxylic acids is 1. The third kappa shape index (κ3) is 29.7. The van der Waals surface area contributed by atoms with Crippen LogP contribution in [0.4, 0.5) is 5.13 Å². The van der Waals surface area contributed by atoms with Crippen molar-refractivity contribution in [2.24, 2.45) is 5.73 Å². The third-order valence-corrected chi connectivity index (χ3v) is 21.7. The van der Waals surface area contributed by atoms with Crippen LogP contribution in [0.25, 0.3) is 0 Å². The largest absolute Gasteiger partial charge is 1.00 e. The maximum atomic E-state index is 12.2. The summed E-state index contributed by atoms with van der Waals surface area (Å²) in [6.07, 6.45) is 6.41. The number of halogens is 3. The van der Waals surface area contributed by atoms with Gasteiger partial charge < -0.3 is 84.7 Å². The van der Waals surface area contributed by atoms with Gasteiger partial charge in [-0.25, -0.2) is 4.98 Å². The van der Waals surface area contributed by atoms with Crippen molar-refractivity contribution in [3.8, 4) is 40.9 Å². The number of hydrogen-bond acceptors (Lipinski definition) is 21. The van der Waals surface area contributed by atoms with Gasteiger partial charge in [0, 0.05) is 127 Å². The number of hydrogen-bond donors (Lipinski definition) is 2. The summed E-state index contributed by atoms with van der Waals surface area (Å²) >= 11 is 18.9. The Kier molecular flexibility index (Phi) is 48.2. The van der Waals surface area contributed by atoms with E-state index in [-0.39, 0.29) is 110 Å². The van der Waals surface area contributed by atoms with Gasteiger partial charge in [-0.1, -0.05) is 92.5 Å². The number of aromatic nitrogens is 1. The first-order valence-corrected chi connectivity index (χ1v) is 39.4. The van der Waals surface area contributed by atoms with Crippen LogP contribution < -0.4 is 115 Å². The minimum Gasteiger partial charge on any atom is -1.00 e. The zero-order valence-corrected chi connectivity index (χ0v) is 75.0. The first-order valence-electron chi connectivity index (χ1n) is 35.4. The standard InChI is InChI=1S/C20H27N3O2S.C14H17ClO3.C13H15NO2.C13H16O4.C9H9NO.C6H13N3S.C4H8Br2O.K.Na.H2O.H/c1-22-9-11-23(12-10-22)19-21-18(15-26-19)20(7-13-25-14-8-20)16-3-5-17(24-2)6-4-16;1-17-12-4-2-11(3-5-12)14(13(16)10-15)6-8-18-9-7-14;1-15-12-4-2-11(3-5-12)13(10-14)6-8-16-9-7-13;1-16-11-4-2-10(3-5-11)13(12(14)15)6-8-17-9-7-13;1-11-9-4-2-8(3-5-9)6-7-10;1-8-2-4-9(5-3-8)6(7)10;5-1-3-7-4-2-6;;;;/h3-6,15H,7-14H2,1-2H3;2-5H,6-10H2,1H3;2-5H,6-9H2,1H3;2-5H,6-9H2,1H3,(H,14,15);2-5H,6H2,1H3;2-5H2,1H3,(H2,7,10);1-4H2;;;1H2;/q;;;;;;;2*+1;;-1/p-1. The van der Waals surface area contributed by atoms with E-state index < -0.39 is 16.8 Å². The van der Waals surface area contributed by atoms with Gasteiger partial charge >= 0.3 is 86.9 Å². The predicted octanol–water partition coefficient (Wildman–Crippen LogP) is 6.62. The van der Waals surface area contributed by atoms with E-state index in [9.17, 15) is 20.0 Å². The number of benzene rings is 5. The van der Waals surface area contributed by atoms with Crippen LogP contribution >= 0.6 is 67.0 Å². The van der Waals surface area contributed by atoms with E-state index in [1.54, 1.807) is 59.0 Å². The van der Waals surface area contributed by atoms with Crippen molar-refractivity contribution in [1.82, 2.24) is 19.7 Å². The Morgan fingerprint density at radius 3 is 1.31 bits per heavy atom. The molecule has 0 radical (unpaired) electrons. The maximum Gasteiger partial charge on any atom is 1.00 e. The van der Waals surface area contributed by atoms with Gasteiger partial charge in [-0.2, -0.15) is 10.5 Å². The number of carbonyl (C=O) groups is 2. The van der Waals surface area contributed by atoms with Crippen molar-refractivity contribution >= 4 is 89.0 Å². The number of carbonyl (C=O) groups excluding carboxylic acids is 1. The minimum absolute atomic E-state index is 0. The fourth-order valence-electron chi connectivity index (χ4n) is 12.9. The summed E-state index contributed by atoms with van der Waals surface area (Å²) in [6, 6.07) is 43.2. The van der Waals surface area contributed by atoms with E-state index in [4.69, 9.17) is 87.2 Å². The number of carboxylic acids is 1. The number of rotatable bonds is 19. The number of nitriles is 2. The van der Waals surface area contributed by atoms with Gasteiger partial charge in [0.1, 0.15) is 28.7 Å². The molecule has 6 saturated heterocycles. The molecule has 0 bridgehead atoms. The quantitative estimate of drug-likeness (QED) is 0.0373. The topological polar surface area (TPSA) is 276 Å². The zero-order chi connectivity index (χ0) is 75.9. The molecule has 29 heteroatoms. The van der Waals surface area contributed by atoms with Crippen molar-refractivity contribution in [2.75, 3.05) is 190 Å². The SMILES string of the molecule is BrCCOCCBr.CN1CCN(C(N)=S)CC1.COc1ccc(C2(C#N)CCOCC2)cc1.COc1ccc(C2(C(=O)CCl)CCOCC2)cc1.COc1ccc(C2(C(=O)O)CCOCC2)cc1.COc1ccc(C2(c3csc(N4CCN(C)CC4)n3)CCOCC2)cc1.COc1ccc(CC#N)cc1.[H-].[K+].[Na+].[OH-]. The van der Waals surface area contributed by atoms with Gasteiger partial charge in [0.15, 0.2) is 16.0 Å². The molecule has 7 heterocycles. The molecule has 22 nitrogen and oxygen atoms in total. The number of piperazine rings is 2. The summed E-state index contributed by atoms with van der Waals surface area (Å²) in [7, 11) is 12.5. The van der Waals surface area contributed by atoms with Crippen molar-refractivity contribution in [1.29, 1.82) is 10.5 Å². The Labute approximate surface area is 736 Å². The number of nitrogens with two attached hydrogens (primary N) is 1. The number of ketones is 1. The van der Waals surface area contributed by atoms with E-state index >= 15 is 0 Å². The number of alkyl halides is 3. The first-order chi connectivity index (χ1) is 50.9. The van der Waals surface area contributed by atoms with Crippen LogP contribution in [0.2, 0.25) is 0 Å². The van der Waals surface area contributed by atoms with E-state index in [1.165, 1.54) is 11.3 Å². The summed E-state index contributed by atoms with van der Waals surface area (Å²) in [4.78, 5) is 38.0. The van der Waals surface area contributed by atoms with E-state index in [0.717, 1.165) is 171 Å².